The molecule has 0 radical (unpaired) electrons. The van der Waals surface area contributed by atoms with E-state index in [1.165, 1.54) is 0 Å². The largest absolute Gasteiger partial charge is 0.444 e. The second-order valence-corrected chi connectivity index (χ2v) is 13.5. The number of alkyl carbamates (subject to hydrolysis) is 1. The maximum absolute atomic E-state index is 14.6. The molecule has 0 aromatic heterocycles. The highest BCUT2D eigenvalue weighted by Crippen LogP contribution is 2.32. The Hall–Kier alpha value is -3.35. The van der Waals surface area contributed by atoms with Gasteiger partial charge in [-0.2, -0.15) is 0 Å². The number of carbonyl (C=O) groups is 3. The van der Waals surface area contributed by atoms with Gasteiger partial charge in [-0.15, -0.1) is 0 Å². The molecule has 0 saturated carbocycles. The number of ether oxygens (including phenoxy) is 1. The van der Waals surface area contributed by atoms with E-state index < -0.39 is 23.8 Å². The smallest absolute Gasteiger partial charge is 0.408 e. The van der Waals surface area contributed by atoms with Gasteiger partial charge in [-0.25, -0.2) is 4.79 Å². The lowest BCUT2D eigenvalue weighted by Gasteiger charge is -2.40. The van der Waals surface area contributed by atoms with Crippen molar-refractivity contribution in [1.29, 1.82) is 0 Å². The third-order valence-electron chi connectivity index (χ3n) is 7.47. The van der Waals surface area contributed by atoms with Crippen LogP contribution in [0.3, 0.4) is 0 Å². The minimum Gasteiger partial charge on any atom is -0.444 e. The molecule has 7 nitrogen and oxygen atoms in total. The molecule has 0 fully saturated rings. The summed E-state index contributed by atoms with van der Waals surface area (Å²) in [6.45, 7) is 23.3. The summed E-state index contributed by atoms with van der Waals surface area (Å²) in [6, 6.07) is 9.75. The van der Waals surface area contributed by atoms with Crippen molar-refractivity contribution in [3.05, 3.63) is 64.2 Å². The van der Waals surface area contributed by atoms with Gasteiger partial charge in [-0.1, -0.05) is 69.7 Å². The van der Waals surface area contributed by atoms with Crippen LogP contribution in [-0.2, 0) is 14.3 Å². The van der Waals surface area contributed by atoms with Gasteiger partial charge in [0.05, 0.1) is 0 Å². The number of para-hydroxylation sites is 1. The van der Waals surface area contributed by atoms with Crippen LogP contribution in [0, 0.1) is 39.5 Å². The normalized spacial score (nSPS) is 13.9. The van der Waals surface area contributed by atoms with Crippen LogP contribution in [0.2, 0.25) is 0 Å². The molecular weight excluding hydrogens is 526 g/mol. The predicted molar refractivity (Wildman–Crippen MR) is 172 cm³/mol. The minimum atomic E-state index is -0.916. The van der Waals surface area contributed by atoms with E-state index in [0.29, 0.717) is 12.3 Å². The summed E-state index contributed by atoms with van der Waals surface area (Å²) in [4.78, 5) is 43.6. The summed E-state index contributed by atoms with van der Waals surface area (Å²) in [6.07, 6.45) is 0.931. The molecule has 2 aromatic rings. The summed E-state index contributed by atoms with van der Waals surface area (Å²) in [5.41, 5.74) is 4.67. The Labute approximate surface area is 253 Å². The van der Waals surface area contributed by atoms with Gasteiger partial charge in [-0.3, -0.25) is 9.59 Å². The molecule has 2 N–H and O–H groups in total. The molecule has 3 amide bonds. The molecule has 3 unspecified atom stereocenters. The number of carbonyl (C=O) groups excluding carboxylic acids is 3. The quantitative estimate of drug-likeness (QED) is 0.284. The van der Waals surface area contributed by atoms with E-state index in [9.17, 15) is 14.4 Å². The Morgan fingerprint density at radius 2 is 1.45 bits per heavy atom. The monoisotopic (exact) mass is 579 g/mol. The lowest BCUT2D eigenvalue weighted by molar-refractivity contribution is -0.144. The molecule has 0 bridgehead atoms. The van der Waals surface area contributed by atoms with Gasteiger partial charge < -0.3 is 20.3 Å². The molecular formula is C35H53N3O4. The zero-order valence-electron chi connectivity index (χ0n) is 27.8. The van der Waals surface area contributed by atoms with Crippen LogP contribution in [-0.4, -0.2) is 40.5 Å². The number of nitrogens with one attached hydrogen (secondary N) is 2. The van der Waals surface area contributed by atoms with E-state index in [1.54, 1.807) is 25.7 Å². The summed E-state index contributed by atoms with van der Waals surface area (Å²) < 4.78 is 5.52. The fourth-order valence-electron chi connectivity index (χ4n) is 5.17. The molecule has 0 aliphatic carbocycles. The minimum absolute atomic E-state index is 0.244. The number of nitrogens with zero attached hydrogens (tertiary/aromatic N) is 1. The van der Waals surface area contributed by atoms with Crippen molar-refractivity contribution in [2.45, 2.75) is 120 Å². The molecule has 0 spiro atoms. The van der Waals surface area contributed by atoms with E-state index >= 15 is 0 Å². The van der Waals surface area contributed by atoms with Crippen LogP contribution in [0.5, 0.6) is 0 Å². The number of aryl methyl sites for hydroxylation is 4. The first kappa shape index (κ1) is 34.8. The number of anilines is 1. The Morgan fingerprint density at radius 1 is 0.857 bits per heavy atom. The van der Waals surface area contributed by atoms with Gasteiger partial charge in [0.2, 0.25) is 5.91 Å². The summed E-state index contributed by atoms with van der Waals surface area (Å²) >= 11 is 0. The first-order valence-electron chi connectivity index (χ1n) is 15.2. The van der Waals surface area contributed by atoms with Crippen LogP contribution in [0.4, 0.5) is 10.5 Å². The zero-order chi connectivity index (χ0) is 31.9. The molecule has 42 heavy (non-hydrogen) atoms. The van der Waals surface area contributed by atoms with Crippen molar-refractivity contribution < 1.29 is 19.1 Å². The Kier molecular flexibility index (Phi) is 12.2. The maximum Gasteiger partial charge on any atom is 0.408 e. The fourth-order valence-corrected chi connectivity index (χ4v) is 5.17. The molecule has 0 saturated heterocycles. The van der Waals surface area contributed by atoms with Gasteiger partial charge in [-0.05, 0) is 102 Å². The van der Waals surface area contributed by atoms with E-state index in [0.717, 1.165) is 39.9 Å². The average molecular weight is 580 g/mol. The zero-order valence-corrected chi connectivity index (χ0v) is 27.8. The highest BCUT2D eigenvalue weighted by molar-refractivity contribution is 6.00. The first-order chi connectivity index (χ1) is 19.4. The molecule has 2 aromatic carbocycles. The second kappa shape index (κ2) is 14.7. The van der Waals surface area contributed by atoms with Crippen LogP contribution in [0.1, 0.15) is 102 Å². The molecule has 0 aliphatic rings. The maximum atomic E-state index is 14.6. The van der Waals surface area contributed by atoms with Gasteiger partial charge in [0, 0.05) is 11.7 Å². The topological polar surface area (TPSA) is 87.7 Å². The fraction of sp³-hybridized carbons (Fsp3) is 0.571. The van der Waals surface area contributed by atoms with E-state index in [2.05, 4.69) is 24.5 Å². The first-order valence-corrected chi connectivity index (χ1v) is 15.2. The van der Waals surface area contributed by atoms with Gasteiger partial charge >= 0.3 is 6.09 Å². The lowest BCUT2D eigenvalue weighted by atomic mass is 9.92. The Bertz CT molecular complexity index is 1230. The average Bonchev–Trinajstić information content (AvgIpc) is 2.85. The van der Waals surface area contributed by atoms with Crippen molar-refractivity contribution >= 4 is 23.6 Å². The van der Waals surface area contributed by atoms with Crippen molar-refractivity contribution in [2.75, 3.05) is 5.32 Å². The Morgan fingerprint density at radius 3 is 1.95 bits per heavy atom. The van der Waals surface area contributed by atoms with E-state index in [4.69, 9.17) is 4.74 Å². The standard InChI is InChI=1S/C35H53N3O4/c1-21(2)16-18-27(9)38(33(40)29(22(3)4)37-34(41)42-35(10,11)12)31(28-19-17-23(5)20-26(28)8)32(39)36-30-24(6)14-13-15-25(30)7/h13-15,17,19-22,27,29,31H,16,18H2,1-12H3,(H,36,39)(H,37,41). The lowest BCUT2D eigenvalue weighted by Crippen LogP contribution is -2.56. The summed E-state index contributed by atoms with van der Waals surface area (Å²) in [5, 5.41) is 5.99. The summed E-state index contributed by atoms with van der Waals surface area (Å²) in [5.74, 6) is -0.419. The van der Waals surface area contributed by atoms with Crippen LogP contribution >= 0.6 is 0 Å². The van der Waals surface area contributed by atoms with Gasteiger partial charge in [0.25, 0.3) is 5.91 Å². The van der Waals surface area contributed by atoms with Crippen molar-refractivity contribution in [3.63, 3.8) is 0 Å². The Balaban J connectivity index is 2.71. The molecule has 232 valence electrons. The molecule has 7 heteroatoms. The van der Waals surface area contributed by atoms with Crippen molar-refractivity contribution in [3.8, 4) is 0 Å². The van der Waals surface area contributed by atoms with Gasteiger partial charge in [0.1, 0.15) is 17.7 Å². The highest BCUT2D eigenvalue weighted by Gasteiger charge is 2.40. The van der Waals surface area contributed by atoms with Crippen molar-refractivity contribution in [1.82, 2.24) is 10.2 Å². The number of rotatable bonds is 11. The van der Waals surface area contributed by atoms with Crippen LogP contribution < -0.4 is 10.6 Å². The highest BCUT2D eigenvalue weighted by atomic mass is 16.6. The van der Waals surface area contributed by atoms with E-state index in [1.807, 2.05) is 84.9 Å². The molecule has 2 rings (SSSR count). The van der Waals surface area contributed by atoms with Gasteiger partial charge in [0.15, 0.2) is 0 Å². The molecule has 3 atom stereocenters. The van der Waals surface area contributed by atoms with Crippen LogP contribution in [0.25, 0.3) is 0 Å². The third kappa shape index (κ3) is 9.60. The number of hydrogen-bond donors (Lipinski definition) is 2. The SMILES string of the molecule is Cc1ccc(C(C(=O)Nc2c(C)cccc2C)N(C(=O)C(NC(=O)OC(C)(C)C)C(C)C)C(C)CCC(C)C)c(C)c1. The second-order valence-electron chi connectivity index (χ2n) is 13.5. The third-order valence-corrected chi connectivity index (χ3v) is 7.47. The molecule has 0 heterocycles. The predicted octanol–water partition coefficient (Wildman–Crippen LogP) is 7.80. The number of benzene rings is 2. The number of amides is 3. The van der Waals surface area contributed by atoms with Crippen molar-refractivity contribution in [2.24, 2.45) is 11.8 Å². The summed E-state index contributed by atoms with van der Waals surface area (Å²) in [7, 11) is 0. The van der Waals surface area contributed by atoms with E-state index in [-0.39, 0.29) is 23.8 Å². The number of hydrogen-bond acceptors (Lipinski definition) is 4. The molecule has 0 aliphatic heterocycles. The van der Waals surface area contributed by atoms with Crippen LogP contribution in [0.15, 0.2) is 36.4 Å².